The van der Waals surface area contributed by atoms with Gasteiger partial charge in [0.2, 0.25) is 0 Å². The molecule has 0 unspecified atom stereocenters. The molecule has 5 heteroatoms. The molecule has 1 aromatic heterocycles. The fraction of sp³-hybridized carbons (Fsp3) is 0.295. The Morgan fingerprint density at radius 2 is 0.848 bits per heavy atom. The van der Waals surface area contributed by atoms with Crippen LogP contribution in [0.2, 0.25) is 0 Å². The van der Waals surface area contributed by atoms with Crippen molar-refractivity contribution >= 4 is 61.1 Å². The number of aromatic nitrogens is 2. The molecule has 0 amide bonds. The van der Waals surface area contributed by atoms with Gasteiger partial charge in [0, 0.05) is 28.3 Å². The molecule has 0 aliphatic rings. The minimum atomic E-state index is -0.0521. The maximum Gasteiger partial charge on any atom is 0.146 e. The quantitative estimate of drug-likeness (QED) is 0.152. The first-order valence-electron chi connectivity index (χ1n) is 23.4. The summed E-state index contributed by atoms with van der Waals surface area (Å²) in [5.41, 5.74) is 17.9. The van der Waals surface area contributed by atoms with Gasteiger partial charge in [-0.3, -0.25) is 4.57 Å². The summed E-state index contributed by atoms with van der Waals surface area (Å²) in [5.74, 6) is 0.914. The highest BCUT2D eigenvalue weighted by molar-refractivity contribution is 9.10. The molecule has 8 rings (SSSR count). The zero-order valence-electron chi connectivity index (χ0n) is 41.6. The first-order chi connectivity index (χ1) is 31.0. The van der Waals surface area contributed by atoms with Gasteiger partial charge in [-0.1, -0.05) is 162 Å². The number of aryl methyl sites for hydroxylation is 2. The summed E-state index contributed by atoms with van der Waals surface area (Å²) < 4.78 is 3.36. The second kappa shape index (κ2) is 17.4. The van der Waals surface area contributed by atoms with Crippen molar-refractivity contribution in [3.63, 3.8) is 0 Å². The van der Waals surface area contributed by atoms with Gasteiger partial charge in [-0.2, -0.15) is 0 Å². The molecule has 0 N–H and O–H groups in total. The summed E-state index contributed by atoms with van der Waals surface area (Å²) in [6.45, 7) is 31.8. The van der Waals surface area contributed by atoms with Crippen LogP contribution in [0, 0.1) is 13.8 Å². The highest BCUT2D eigenvalue weighted by Gasteiger charge is 2.29. The summed E-state index contributed by atoms with van der Waals surface area (Å²) in [4.78, 5) is 10.4. The molecule has 7 aromatic carbocycles. The van der Waals surface area contributed by atoms with E-state index in [1.54, 1.807) is 0 Å². The largest absolute Gasteiger partial charge is 0.310 e. The molecule has 0 bridgehead atoms. The second-order valence-corrected chi connectivity index (χ2v) is 23.0. The van der Waals surface area contributed by atoms with Crippen LogP contribution >= 0.6 is 15.9 Å². The van der Waals surface area contributed by atoms with Gasteiger partial charge in [0.1, 0.15) is 5.82 Å². The molecule has 0 saturated heterocycles. The molecule has 0 spiro atoms. The molecule has 8 aromatic rings. The lowest BCUT2D eigenvalue weighted by atomic mass is 9.83. The predicted octanol–water partition coefficient (Wildman–Crippen LogP) is 18.2. The van der Waals surface area contributed by atoms with Crippen molar-refractivity contribution in [2.24, 2.45) is 0 Å². The molecule has 0 radical (unpaired) electrons. The minimum Gasteiger partial charge on any atom is -0.310 e. The van der Waals surface area contributed by atoms with Crippen LogP contribution in [0.5, 0.6) is 0 Å². The molecule has 0 atom stereocenters. The number of nitrogens with zero attached hydrogens (tertiary/aromatic N) is 4. The number of fused-ring (bicyclic) bond motifs is 1. The van der Waals surface area contributed by atoms with Gasteiger partial charge in [0.05, 0.1) is 32.6 Å². The third-order valence-electron chi connectivity index (χ3n) is 12.9. The lowest BCUT2D eigenvalue weighted by molar-refractivity contribution is 0.589. The molecule has 66 heavy (non-hydrogen) atoms. The Balaban J connectivity index is 1.52. The van der Waals surface area contributed by atoms with Gasteiger partial charge in [-0.05, 0) is 158 Å². The summed E-state index contributed by atoms with van der Waals surface area (Å²) >= 11 is 4.39. The Bertz CT molecular complexity index is 2890. The maximum absolute atomic E-state index is 5.65. The zero-order chi connectivity index (χ0) is 47.5. The van der Waals surface area contributed by atoms with E-state index in [1.807, 2.05) is 0 Å². The number of para-hydroxylation sites is 2. The van der Waals surface area contributed by atoms with Crippen LogP contribution in [0.4, 0.5) is 34.1 Å². The predicted molar refractivity (Wildman–Crippen MR) is 288 cm³/mol. The minimum absolute atomic E-state index is 0.0000185. The van der Waals surface area contributed by atoms with Gasteiger partial charge in [-0.15, -0.1) is 0 Å². The van der Waals surface area contributed by atoms with Gasteiger partial charge in [-0.25, -0.2) is 4.98 Å². The van der Waals surface area contributed by atoms with E-state index in [9.17, 15) is 0 Å². The van der Waals surface area contributed by atoms with Gasteiger partial charge in [0.15, 0.2) is 0 Å². The number of anilines is 6. The van der Waals surface area contributed by atoms with Crippen molar-refractivity contribution in [3.8, 4) is 17.1 Å². The van der Waals surface area contributed by atoms with Gasteiger partial charge >= 0.3 is 0 Å². The summed E-state index contributed by atoms with van der Waals surface area (Å²) in [7, 11) is 0. The van der Waals surface area contributed by atoms with Crippen LogP contribution in [-0.2, 0) is 21.7 Å². The zero-order valence-corrected chi connectivity index (χ0v) is 43.2. The van der Waals surface area contributed by atoms with E-state index in [2.05, 4.69) is 279 Å². The molecule has 0 aliphatic carbocycles. The summed E-state index contributed by atoms with van der Waals surface area (Å²) in [6.07, 6.45) is 0. The third kappa shape index (κ3) is 9.25. The van der Waals surface area contributed by atoms with Crippen LogP contribution in [-0.4, -0.2) is 9.55 Å². The molecule has 0 aliphatic heterocycles. The Morgan fingerprint density at radius 3 is 1.29 bits per heavy atom. The Kier molecular flexibility index (Phi) is 12.3. The highest BCUT2D eigenvalue weighted by Crippen LogP contribution is 2.49. The number of halogens is 1. The summed E-state index contributed by atoms with van der Waals surface area (Å²) in [6, 6.07) is 55.9. The van der Waals surface area contributed by atoms with Crippen LogP contribution in [0.3, 0.4) is 0 Å². The number of imidazole rings is 1. The van der Waals surface area contributed by atoms with Crippen molar-refractivity contribution in [1.29, 1.82) is 0 Å². The number of rotatable bonds is 8. The molecule has 0 saturated carbocycles. The van der Waals surface area contributed by atoms with Crippen molar-refractivity contribution in [1.82, 2.24) is 9.55 Å². The lowest BCUT2D eigenvalue weighted by Crippen LogP contribution is -2.17. The van der Waals surface area contributed by atoms with Crippen LogP contribution in [0.1, 0.15) is 116 Å². The maximum atomic E-state index is 5.65. The van der Waals surface area contributed by atoms with E-state index in [0.29, 0.717) is 0 Å². The standard InChI is InChI=1S/C61H67BrN4/c1-40-35-45(61(12,13)14)36-41(2)55(40)57-63-51-37-44(60(9,10)11)29-34-52(51)66(57)54-39-50(64(46-21-17-15-18-22-46)47-23-19-16-20-24-47)38-53(56(54)62)65(48-30-25-42(26-31-48)58(3,4)5)49-32-27-43(28-33-49)59(6,7)8/h15-39H,1-14H3. The van der Waals surface area contributed by atoms with Gasteiger partial charge < -0.3 is 9.80 Å². The average molecular weight is 936 g/mol. The molecule has 1 heterocycles. The van der Waals surface area contributed by atoms with E-state index in [4.69, 9.17) is 4.98 Å². The van der Waals surface area contributed by atoms with Gasteiger partial charge in [0.25, 0.3) is 0 Å². The van der Waals surface area contributed by atoms with Crippen molar-refractivity contribution in [2.75, 3.05) is 9.80 Å². The Morgan fingerprint density at radius 1 is 0.424 bits per heavy atom. The molecular formula is C61H67BrN4. The first-order valence-corrected chi connectivity index (χ1v) is 24.2. The van der Waals surface area contributed by atoms with Crippen molar-refractivity contribution < 1.29 is 0 Å². The van der Waals surface area contributed by atoms with Crippen molar-refractivity contribution in [3.05, 3.63) is 190 Å². The number of hydrogen-bond acceptors (Lipinski definition) is 3. The van der Waals surface area contributed by atoms with Crippen LogP contribution < -0.4 is 9.80 Å². The average Bonchev–Trinajstić information content (AvgIpc) is 3.62. The van der Waals surface area contributed by atoms with E-state index < -0.39 is 0 Å². The fourth-order valence-electron chi connectivity index (χ4n) is 8.99. The smallest absolute Gasteiger partial charge is 0.146 e. The molecule has 4 nitrogen and oxygen atoms in total. The summed E-state index contributed by atoms with van der Waals surface area (Å²) in [5, 5.41) is 0. The monoisotopic (exact) mass is 934 g/mol. The lowest BCUT2D eigenvalue weighted by Gasteiger charge is -2.32. The third-order valence-corrected chi connectivity index (χ3v) is 13.7. The normalized spacial score (nSPS) is 12.5. The fourth-order valence-corrected chi connectivity index (χ4v) is 9.57. The first kappa shape index (κ1) is 46.6. The van der Waals surface area contributed by atoms with Crippen LogP contribution in [0.25, 0.3) is 28.1 Å². The van der Waals surface area contributed by atoms with Crippen molar-refractivity contribution in [2.45, 2.75) is 119 Å². The van der Waals surface area contributed by atoms with E-state index >= 15 is 0 Å². The molecular weight excluding hydrogens is 869 g/mol. The number of hydrogen-bond donors (Lipinski definition) is 0. The SMILES string of the molecule is Cc1cc(C(C)(C)C)cc(C)c1-c1nc2cc(C(C)(C)C)ccc2n1-c1cc(N(c2ccccc2)c2ccccc2)cc(N(c2ccc(C(C)(C)C)cc2)c2ccc(C(C)(C)C)cc2)c1Br. The Labute approximate surface area is 403 Å². The van der Waals surface area contributed by atoms with E-state index in [1.165, 1.54) is 33.4 Å². The van der Waals surface area contributed by atoms with Crippen LogP contribution in [0.15, 0.2) is 156 Å². The number of benzene rings is 7. The Hall–Kier alpha value is -5.91. The highest BCUT2D eigenvalue weighted by atomic mass is 79.9. The second-order valence-electron chi connectivity index (χ2n) is 22.2. The van der Waals surface area contributed by atoms with E-state index in [-0.39, 0.29) is 21.7 Å². The topological polar surface area (TPSA) is 24.3 Å². The molecule has 0 fully saturated rings. The molecule has 338 valence electrons. The van der Waals surface area contributed by atoms with E-state index in [0.717, 1.165) is 66.7 Å².